The minimum Gasteiger partial charge on any atom is -0.497 e. The highest BCUT2D eigenvalue weighted by molar-refractivity contribution is 5.67. The molecule has 1 saturated heterocycles. The highest BCUT2D eigenvalue weighted by Crippen LogP contribution is 2.32. The molecule has 1 aliphatic heterocycles. The summed E-state index contributed by atoms with van der Waals surface area (Å²) in [5, 5.41) is 0. The van der Waals surface area contributed by atoms with Crippen molar-refractivity contribution in [1.29, 1.82) is 0 Å². The Balaban J connectivity index is 1.43. The second-order valence-electron chi connectivity index (χ2n) is 7.24. The topological polar surface area (TPSA) is 42.7 Å². The maximum absolute atomic E-state index is 5.30. The van der Waals surface area contributed by atoms with Crippen molar-refractivity contribution >= 4 is 5.65 Å². The van der Waals surface area contributed by atoms with Crippen molar-refractivity contribution in [2.45, 2.75) is 12.5 Å². The smallest absolute Gasteiger partial charge is 0.137 e. The van der Waals surface area contributed by atoms with Gasteiger partial charge in [0.15, 0.2) is 0 Å². The summed E-state index contributed by atoms with van der Waals surface area (Å²) in [6.07, 6.45) is 5.92. The van der Waals surface area contributed by atoms with Gasteiger partial charge in [-0.2, -0.15) is 0 Å². The zero-order valence-electron chi connectivity index (χ0n) is 15.8. The number of ether oxygens (including phenoxy) is 1. The lowest BCUT2D eigenvalue weighted by Crippen LogP contribution is -2.44. The van der Waals surface area contributed by atoms with E-state index in [9.17, 15) is 0 Å². The van der Waals surface area contributed by atoms with Crippen molar-refractivity contribution in [3.05, 3.63) is 84.4 Å². The summed E-state index contributed by atoms with van der Waals surface area (Å²) in [4.78, 5) is 11.6. The van der Waals surface area contributed by atoms with Crippen LogP contribution in [0.2, 0.25) is 0 Å². The number of hydrogen-bond acceptors (Lipinski definition) is 4. The van der Waals surface area contributed by atoms with Crippen molar-refractivity contribution < 1.29 is 4.74 Å². The predicted octanol–water partition coefficient (Wildman–Crippen LogP) is 4.00. The molecule has 1 fully saturated rings. The molecule has 28 heavy (non-hydrogen) atoms. The van der Waals surface area contributed by atoms with Crippen molar-refractivity contribution in [1.82, 2.24) is 19.3 Å². The van der Waals surface area contributed by atoms with E-state index in [2.05, 4.69) is 50.8 Å². The number of fused-ring (bicyclic) bond motifs is 1. The lowest BCUT2D eigenvalue weighted by molar-refractivity contribution is 0.137. The largest absolute Gasteiger partial charge is 0.497 e. The summed E-state index contributed by atoms with van der Waals surface area (Å²) in [5.74, 6) is 1.42. The zero-order valence-corrected chi connectivity index (χ0v) is 15.8. The number of benzene rings is 1. The summed E-state index contributed by atoms with van der Waals surface area (Å²) >= 11 is 0. The summed E-state index contributed by atoms with van der Waals surface area (Å²) in [7, 11) is 1.69. The quantitative estimate of drug-likeness (QED) is 0.532. The summed E-state index contributed by atoms with van der Waals surface area (Å²) < 4.78 is 7.51. The van der Waals surface area contributed by atoms with Crippen LogP contribution in [0.5, 0.6) is 5.75 Å². The van der Waals surface area contributed by atoms with Gasteiger partial charge in [-0.05, 0) is 48.0 Å². The first-order valence-electron chi connectivity index (χ1n) is 9.54. The van der Waals surface area contributed by atoms with Crippen LogP contribution in [0.1, 0.15) is 17.2 Å². The Kier molecular flexibility index (Phi) is 4.29. The van der Waals surface area contributed by atoms with Gasteiger partial charge in [0.05, 0.1) is 18.5 Å². The molecule has 0 saturated carbocycles. The summed E-state index contributed by atoms with van der Waals surface area (Å²) in [6, 6.07) is 18.5. The third-order valence-electron chi connectivity index (χ3n) is 5.48. The first-order chi connectivity index (χ1) is 13.8. The Morgan fingerprint density at radius 3 is 2.64 bits per heavy atom. The predicted molar refractivity (Wildman–Crippen MR) is 109 cm³/mol. The van der Waals surface area contributed by atoms with Crippen molar-refractivity contribution in [2.24, 2.45) is 0 Å². The molecule has 5 nitrogen and oxygen atoms in total. The zero-order chi connectivity index (χ0) is 18.9. The molecule has 3 aromatic heterocycles. The van der Waals surface area contributed by atoms with E-state index in [0.717, 1.165) is 42.3 Å². The number of methoxy groups -OCH3 is 1. The number of pyridine rings is 2. The van der Waals surface area contributed by atoms with Crippen LogP contribution in [0, 0.1) is 0 Å². The Labute approximate surface area is 164 Å². The molecular formula is C23H22N4O. The Hall–Kier alpha value is -3.18. The molecule has 0 aliphatic carbocycles. The van der Waals surface area contributed by atoms with E-state index < -0.39 is 0 Å². The van der Waals surface area contributed by atoms with E-state index >= 15 is 0 Å². The minimum atomic E-state index is 0.567. The van der Waals surface area contributed by atoms with E-state index in [0.29, 0.717) is 5.92 Å². The van der Waals surface area contributed by atoms with Gasteiger partial charge in [0, 0.05) is 49.7 Å². The maximum Gasteiger partial charge on any atom is 0.137 e. The van der Waals surface area contributed by atoms with Crippen LogP contribution in [0.25, 0.3) is 16.9 Å². The monoisotopic (exact) mass is 370 g/mol. The van der Waals surface area contributed by atoms with Crippen molar-refractivity contribution in [3.63, 3.8) is 0 Å². The minimum absolute atomic E-state index is 0.567. The fraction of sp³-hybridized carbons (Fsp3) is 0.217. The molecular weight excluding hydrogens is 348 g/mol. The maximum atomic E-state index is 5.30. The van der Waals surface area contributed by atoms with Gasteiger partial charge in [-0.1, -0.05) is 12.1 Å². The molecule has 0 radical (unpaired) electrons. The molecule has 4 heterocycles. The third-order valence-corrected chi connectivity index (χ3v) is 5.48. The lowest BCUT2D eigenvalue weighted by atomic mass is 9.92. The molecule has 0 spiro atoms. The fourth-order valence-electron chi connectivity index (χ4n) is 3.92. The van der Waals surface area contributed by atoms with Crippen LogP contribution < -0.4 is 4.74 Å². The number of hydrogen-bond donors (Lipinski definition) is 0. The summed E-state index contributed by atoms with van der Waals surface area (Å²) in [5.41, 5.74) is 5.69. The SMILES string of the molecule is COc1ccc(-c2nc3ccccn3c2CN2CC(c3cccnc3)C2)cc1. The second-order valence-corrected chi connectivity index (χ2v) is 7.24. The lowest BCUT2D eigenvalue weighted by Gasteiger charge is -2.39. The Morgan fingerprint density at radius 1 is 1.04 bits per heavy atom. The van der Waals surface area contributed by atoms with Gasteiger partial charge >= 0.3 is 0 Å². The molecule has 0 unspecified atom stereocenters. The van der Waals surface area contributed by atoms with Crippen LogP contribution >= 0.6 is 0 Å². The number of rotatable bonds is 5. The second kappa shape index (κ2) is 7.09. The van der Waals surface area contributed by atoms with Gasteiger partial charge in [-0.25, -0.2) is 4.98 Å². The van der Waals surface area contributed by atoms with E-state index in [1.807, 2.05) is 36.7 Å². The fourth-order valence-corrected chi connectivity index (χ4v) is 3.92. The van der Waals surface area contributed by atoms with E-state index in [-0.39, 0.29) is 0 Å². The molecule has 1 aromatic carbocycles. The number of aromatic nitrogens is 3. The van der Waals surface area contributed by atoms with Crippen molar-refractivity contribution in [2.75, 3.05) is 20.2 Å². The molecule has 140 valence electrons. The van der Waals surface area contributed by atoms with Crippen LogP contribution in [0.3, 0.4) is 0 Å². The molecule has 0 N–H and O–H groups in total. The number of likely N-dealkylation sites (tertiary alicyclic amines) is 1. The standard InChI is InChI=1S/C23H22N4O/c1-28-20-9-7-17(8-10-20)23-21(27-12-3-2-6-22(27)25-23)16-26-14-19(15-26)18-5-4-11-24-13-18/h2-13,19H,14-16H2,1H3. The summed E-state index contributed by atoms with van der Waals surface area (Å²) in [6.45, 7) is 2.98. The average molecular weight is 370 g/mol. The van der Waals surface area contributed by atoms with Gasteiger partial charge in [-0.15, -0.1) is 0 Å². The molecule has 0 atom stereocenters. The van der Waals surface area contributed by atoms with Crippen LogP contribution in [-0.4, -0.2) is 39.5 Å². The van der Waals surface area contributed by atoms with E-state index in [1.54, 1.807) is 7.11 Å². The number of nitrogens with zero attached hydrogens (tertiary/aromatic N) is 4. The highest BCUT2D eigenvalue weighted by Gasteiger charge is 2.29. The van der Waals surface area contributed by atoms with Crippen LogP contribution in [0.4, 0.5) is 0 Å². The van der Waals surface area contributed by atoms with E-state index in [1.165, 1.54) is 11.3 Å². The van der Waals surface area contributed by atoms with Crippen LogP contribution in [-0.2, 0) is 6.54 Å². The Bertz CT molecular complexity index is 1080. The normalized spacial score (nSPS) is 14.9. The molecule has 0 bridgehead atoms. The molecule has 0 amide bonds. The highest BCUT2D eigenvalue weighted by atomic mass is 16.5. The van der Waals surface area contributed by atoms with E-state index in [4.69, 9.17) is 9.72 Å². The van der Waals surface area contributed by atoms with Crippen LogP contribution in [0.15, 0.2) is 73.2 Å². The molecule has 1 aliphatic rings. The van der Waals surface area contributed by atoms with Gasteiger partial charge in [0.25, 0.3) is 0 Å². The Morgan fingerprint density at radius 2 is 1.89 bits per heavy atom. The van der Waals surface area contributed by atoms with Crippen molar-refractivity contribution in [3.8, 4) is 17.0 Å². The van der Waals surface area contributed by atoms with Gasteiger partial charge in [0.2, 0.25) is 0 Å². The van der Waals surface area contributed by atoms with Gasteiger partial charge < -0.3 is 9.14 Å². The average Bonchev–Trinajstić information content (AvgIpc) is 3.09. The number of imidazole rings is 1. The molecule has 5 heteroatoms. The third kappa shape index (κ3) is 3.04. The first-order valence-corrected chi connectivity index (χ1v) is 9.54. The van der Waals surface area contributed by atoms with Gasteiger partial charge in [0.1, 0.15) is 11.4 Å². The first kappa shape index (κ1) is 17.0. The molecule has 5 rings (SSSR count). The van der Waals surface area contributed by atoms with Gasteiger partial charge in [-0.3, -0.25) is 9.88 Å². The molecule has 4 aromatic rings.